The second-order valence-electron chi connectivity index (χ2n) is 3.98. The highest BCUT2D eigenvalue weighted by Gasteiger charge is 2.18. The van der Waals surface area contributed by atoms with E-state index in [-0.39, 0.29) is 11.4 Å². The minimum Gasteiger partial charge on any atom is -0.367 e. The summed E-state index contributed by atoms with van der Waals surface area (Å²) in [5.74, 6) is -0.748. The van der Waals surface area contributed by atoms with Crippen molar-refractivity contribution < 1.29 is 12.8 Å². The van der Waals surface area contributed by atoms with Gasteiger partial charge in [0, 0.05) is 18.9 Å². The molecular formula is C12H13FN2O2S. The number of nitrogens with one attached hydrogen (secondary N) is 2. The first kappa shape index (κ1) is 12.8. The Hall–Kier alpha value is -1.66. The Kier molecular flexibility index (Phi) is 3.49. The monoisotopic (exact) mass is 268 g/mol. The van der Waals surface area contributed by atoms with Gasteiger partial charge in [-0.05, 0) is 36.2 Å². The number of aryl methyl sites for hydroxylation is 1. The molecule has 0 fully saturated rings. The highest BCUT2D eigenvalue weighted by Crippen LogP contribution is 2.16. The molecule has 96 valence electrons. The van der Waals surface area contributed by atoms with Gasteiger partial charge >= 0.3 is 0 Å². The van der Waals surface area contributed by atoms with Crippen LogP contribution < -0.4 is 4.72 Å². The quantitative estimate of drug-likeness (QED) is 0.890. The summed E-state index contributed by atoms with van der Waals surface area (Å²) in [6, 6.07) is 5.74. The Morgan fingerprint density at radius 3 is 2.78 bits per heavy atom. The summed E-state index contributed by atoms with van der Waals surface area (Å²) in [5.41, 5.74) is 1.48. The third kappa shape index (κ3) is 2.77. The molecule has 0 aliphatic rings. The van der Waals surface area contributed by atoms with E-state index in [9.17, 15) is 12.8 Å². The first-order chi connectivity index (χ1) is 8.49. The van der Waals surface area contributed by atoms with Crippen LogP contribution in [0.1, 0.15) is 11.1 Å². The van der Waals surface area contributed by atoms with Gasteiger partial charge in [0.25, 0.3) is 0 Å². The molecule has 0 unspecified atom stereocenters. The number of aromatic nitrogens is 1. The Labute approximate surface area is 105 Å². The van der Waals surface area contributed by atoms with E-state index in [4.69, 9.17) is 0 Å². The van der Waals surface area contributed by atoms with E-state index in [1.54, 1.807) is 25.4 Å². The number of hydrogen-bond acceptors (Lipinski definition) is 2. The zero-order valence-corrected chi connectivity index (χ0v) is 10.6. The van der Waals surface area contributed by atoms with Crippen molar-refractivity contribution in [2.45, 2.75) is 18.4 Å². The highest BCUT2D eigenvalue weighted by atomic mass is 32.2. The van der Waals surface area contributed by atoms with Crippen molar-refractivity contribution in [1.82, 2.24) is 9.71 Å². The van der Waals surface area contributed by atoms with Crippen LogP contribution in [0.4, 0.5) is 4.39 Å². The second-order valence-corrected chi connectivity index (χ2v) is 5.71. The van der Waals surface area contributed by atoms with Crippen LogP contribution in [0, 0.1) is 12.7 Å². The fraction of sp³-hybridized carbons (Fsp3) is 0.167. The van der Waals surface area contributed by atoms with Gasteiger partial charge in [0.15, 0.2) is 0 Å². The maximum Gasteiger partial charge on any atom is 0.243 e. The number of H-pyrrole nitrogens is 1. The first-order valence-electron chi connectivity index (χ1n) is 5.36. The van der Waals surface area contributed by atoms with Crippen LogP contribution in [0.15, 0.2) is 41.6 Å². The van der Waals surface area contributed by atoms with Crippen LogP contribution in [0.3, 0.4) is 0 Å². The molecule has 0 aliphatic heterocycles. The third-order valence-electron chi connectivity index (χ3n) is 2.50. The lowest BCUT2D eigenvalue weighted by molar-refractivity contribution is 0.556. The van der Waals surface area contributed by atoms with Gasteiger partial charge < -0.3 is 4.98 Å². The lowest BCUT2D eigenvalue weighted by Crippen LogP contribution is -2.24. The SMILES string of the molecule is Cc1ccc(F)c(S(=O)(=O)NCc2cc[nH]c2)c1. The van der Waals surface area contributed by atoms with Gasteiger partial charge in [-0.1, -0.05) is 6.07 Å². The smallest absolute Gasteiger partial charge is 0.243 e. The summed E-state index contributed by atoms with van der Waals surface area (Å²) >= 11 is 0. The second kappa shape index (κ2) is 4.91. The minimum atomic E-state index is -3.83. The number of sulfonamides is 1. The Balaban J connectivity index is 2.22. The fourth-order valence-corrected chi connectivity index (χ4v) is 2.72. The lowest BCUT2D eigenvalue weighted by Gasteiger charge is -2.07. The van der Waals surface area contributed by atoms with Crippen molar-refractivity contribution in [1.29, 1.82) is 0 Å². The molecule has 1 aromatic heterocycles. The average molecular weight is 268 g/mol. The van der Waals surface area contributed by atoms with Gasteiger partial charge in [-0.25, -0.2) is 17.5 Å². The third-order valence-corrected chi connectivity index (χ3v) is 3.92. The van der Waals surface area contributed by atoms with E-state index in [0.717, 1.165) is 11.6 Å². The number of halogens is 1. The molecule has 2 N–H and O–H groups in total. The molecule has 1 heterocycles. The molecule has 0 spiro atoms. The molecule has 6 heteroatoms. The van der Waals surface area contributed by atoms with Crippen LogP contribution in [0.2, 0.25) is 0 Å². The van der Waals surface area contributed by atoms with Crippen molar-refractivity contribution in [3.63, 3.8) is 0 Å². The Morgan fingerprint density at radius 1 is 1.33 bits per heavy atom. The first-order valence-corrected chi connectivity index (χ1v) is 6.85. The zero-order valence-electron chi connectivity index (χ0n) is 9.77. The van der Waals surface area contributed by atoms with E-state index >= 15 is 0 Å². The van der Waals surface area contributed by atoms with Crippen molar-refractivity contribution in [2.75, 3.05) is 0 Å². The van der Waals surface area contributed by atoms with E-state index in [0.29, 0.717) is 5.56 Å². The number of benzene rings is 1. The van der Waals surface area contributed by atoms with Gasteiger partial charge in [-0.3, -0.25) is 0 Å². The molecule has 0 saturated carbocycles. The van der Waals surface area contributed by atoms with Crippen LogP contribution in [-0.4, -0.2) is 13.4 Å². The van der Waals surface area contributed by atoms with Crippen LogP contribution in [0.25, 0.3) is 0 Å². The number of aromatic amines is 1. The summed E-state index contributed by atoms with van der Waals surface area (Å²) in [6.07, 6.45) is 3.37. The molecule has 1 aromatic carbocycles. The summed E-state index contributed by atoms with van der Waals surface area (Å²) in [7, 11) is -3.83. The van der Waals surface area contributed by atoms with Crippen LogP contribution in [-0.2, 0) is 16.6 Å². The zero-order chi connectivity index (χ0) is 13.2. The molecule has 2 rings (SSSR count). The van der Waals surface area contributed by atoms with Crippen molar-refractivity contribution >= 4 is 10.0 Å². The van der Waals surface area contributed by atoms with Crippen LogP contribution >= 0.6 is 0 Å². The fourth-order valence-electron chi connectivity index (χ4n) is 1.54. The maximum absolute atomic E-state index is 13.5. The predicted octanol–water partition coefficient (Wildman–Crippen LogP) is 1.94. The predicted molar refractivity (Wildman–Crippen MR) is 66.0 cm³/mol. The van der Waals surface area contributed by atoms with E-state index < -0.39 is 15.8 Å². The van der Waals surface area contributed by atoms with Gasteiger partial charge in [0.05, 0.1) is 0 Å². The molecular weight excluding hydrogens is 255 g/mol. The minimum absolute atomic E-state index is 0.124. The molecule has 2 aromatic rings. The molecule has 0 amide bonds. The molecule has 0 aliphatic carbocycles. The number of rotatable bonds is 4. The van der Waals surface area contributed by atoms with E-state index in [1.165, 1.54) is 12.1 Å². The molecule has 0 bridgehead atoms. The summed E-state index contributed by atoms with van der Waals surface area (Å²) in [4.78, 5) is 2.50. The van der Waals surface area contributed by atoms with Gasteiger partial charge in [-0.15, -0.1) is 0 Å². The van der Waals surface area contributed by atoms with Gasteiger partial charge in [-0.2, -0.15) is 0 Å². The summed E-state index contributed by atoms with van der Waals surface area (Å²) in [5, 5.41) is 0. The van der Waals surface area contributed by atoms with Crippen LogP contribution in [0.5, 0.6) is 0 Å². The van der Waals surface area contributed by atoms with Crippen molar-refractivity contribution in [3.8, 4) is 0 Å². The average Bonchev–Trinajstić information content (AvgIpc) is 2.83. The standard InChI is InChI=1S/C12H13FN2O2S/c1-9-2-3-11(13)12(6-9)18(16,17)15-8-10-4-5-14-7-10/h2-7,14-15H,8H2,1H3. The number of hydrogen-bond donors (Lipinski definition) is 2. The molecule has 0 saturated heterocycles. The summed E-state index contributed by atoms with van der Waals surface area (Å²) in [6.45, 7) is 1.84. The maximum atomic E-state index is 13.5. The largest absolute Gasteiger partial charge is 0.367 e. The van der Waals surface area contributed by atoms with Gasteiger partial charge in [0.1, 0.15) is 10.7 Å². The van der Waals surface area contributed by atoms with Gasteiger partial charge in [0.2, 0.25) is 10.0 Å². The molecule has 18 heavy (non-hydrogen) atoms. The van der Waals surface area contributed by atoms with E-state index in [2.05, 4.69) is 9.71 Å². The highest BCUT2D eigenvalue weighted by molar-refractivity contribution is 7.89. The topological polar surface area (TPSA) is 62.0 Å². The molecule has 0 atom stereocenters. The molecule has 4 nitrogen and oxygen atoms in total. The lowest BCUT2D eigenvalue weighted by atomic mass is 10.2. The Bertz CT molecular complexity index is 636. The van der Waals surface area contributed by atoms with E-state index in [1.807, 2.05) is 0 Å². The normalized spacial score (nSPS) is 11.7. The Morgan fingerprint density at radius 2 is 2.11 bits per heavy atom. The summed E-state index contributed by atoms with van der Waals surface area (Å²) < 4.78 is 39.7. The van der Waals surface area contributed by atoms with Crippen molar-refractivity contribution in [3.05, 3.63) is 53.6 Å². The van der Waals surface area contributed by atoms with Crippen molar-refractivity contribution in [2.24, 2.45) is 0 Å². The molecule has 0 radical (unpaired) electrons.